The standard InChI is InChI=1S/C30H48NO8P/c1-6-8-10-12-14-16-18-20-22-29(32)36-26-28(27-38-40(34,35)37-25-24-31(3,4)5)39-30(33)23-21-19-17-15-13-11-9-7-2/h6-9,12-15,18-21,28H,10-11,16-17,22-27H2,1-5H3/p+1/t28-/m1/s1. The molecule has 0 aromatic heterocycles. The molecular weight excluding hydrogens is 533 g/mol. The predicted octanol–water partition coefficient (Wildman–Crippen LogP) is 6.00. The summed E-state index contributed by atoms with van der Waals surface area (Å²) in [5.74, 6) is -1.10. The first-order chi connectivity index (χ1) is 19.0. The Kier molecular flexibility index (Phi) is 21.7. The molecule has 10 heteroatoms. The monoisotopic (exact) mass is 582 g/mol. The summed E-state index contributed by atoms with van der Waals surface area (Å²) in [5.41, 5.74) is 0. The minimum atomic E-state index is -4.39. The largest absolute Gasteiger partial charge is 0.472 e. The van der Waals surface area contributed by atoms with Gasteiger partial charge in [0.05, 0.1) is 40.6 Å². The van der Waals surface area contributed by atoms with Crippen LogP contribution in [0.2, 0.25) is 0 Å². The van der Waals surface area contributed by atoms with Crippen molar-refractivity contribution in [2.45, 2.75) is 58.5 Å². The lowest BCUT2D eigenvalue weighted by Crippen LogP contribution is -2.37. The second-order valence-corrected chi connectivity index (χ2v) is 11.2. The molecule has 0 radical (unpaired) electrons. The van der Waals surface area contributed by atoms with Crippen LogP contribution in [0.3, 0.4) is 0 Å². The number of ether oxygens (including phenoxy) is 2. The van der Waals surface area contributed by atoms with Gasteiger partial charge in [0.15, 0.2) is 6.10 Å². The molecule has 9 nitrogen and oxygen atoms in total. The molecule has 0 aliphatic heterocycles. The molecule has 1 unspecified atom stereocenters. The zero-order chi connectivity index (χ0) is 30.1. The normalized spacial score (nSPS) is 15.2. The Morgan fingerprint density at radius 2 is 1.20 bits per heavy atom. The minimum absolute atomic E-state index is 0.00151. The second-order valence-electron chi connectivity index (χ2n) is 9.78. The van der Waals surface area contributed by atoms with E-state index in [0.29, 0.717) is 23.9 Å². The topological polar surface area (TPSA) is 108 Å². The Labute approximate surface area is 240 Å². The smallest absolute Gasteiger partial charge is 0.461 e. The second kappa shape index (κ2) is 23.2. The number of carbonyl (C=O) groups is 2. The van der Waals surface area contributed by atoms with E-state index in [2.05, 4.69) is 0 Å². The van der Waals surface area contributed by atoms with Gasteiger partial charge < -0.3 is 18.9 Å². The van der Waals surface area contributed by atoms with Crippen molar-refractivity contribution in [3.8, 4) is 0 Å². The number of likely N-dealkylation sites (N-methyl/N-ethyl adjacent to an activating group) is 1. The van der Waals surface area contributed by atoms with Gasteiger partial charge in [-0.2, -0.15) is 0 Å². The summed E-state index contributed by atoms with van der Waals surface area (Å²) >= 11 is 0. The summed E-state index contributed by atoms with van der Waals surface area (Å²) in [6, 6.07) is 0. The van der Waals surface area contributed by atoms with Crippen LogP contribution in [0.5, 0.6) is 0 Å². The molecule has 0 fully saturated rings. The average molecular weight is 583 g/mol. The van der Waals surface area contributed by atoms with Gasteiger partial charge >= 0.3 is 19.8 Å². The van der Waals surface area contributed by atoms with Crippen molar-refractivity contribution in [3.05, 3.63) is 72.9 Å². The molecule has 0 rings (SSSR count). The number of hydrogen-bond acceptors (Lipinski definition) is 7. The Morgan fingerprint density at radius 1 is 0.725 bits per heavy atom. The highest BCUT2D eigenvalue weighted by molar-refractivity contribution is 7.47. The van der Waals surface area contributed by atoms with E-state index < -0.39 is 32.5 Å². The van der Waals surface area contributed by atoms with Gasteiger partial charge in [0.1, 0.15) is 19.8 Å². The van der Waals surface area contributed by atoms with Crippen LogP contribution in [0.25, 0.3) is 0 Å². The maximum atomic E-state index is 12.3. The van der Waals surface area contributed by atoms with Crippen LogP contribution in [0.1, 0.15) is 52.4 Å². The maximum absolute atomic E-state index is 12.3. The van der Waals surface area contributed by atoms with Gasteiger partial charge in [-0.15, -0.1) is 0 Å². The zero-order valence-corrected chi connectivity index (χ0v) is 25.7. The summed E-state index contributed by atoms with van der Waals surface area (Å²) in [6.45, 7) is 3.62. The molecule has 0 heterocycles. The van der Waals surface area contributed by atoms with Gasteiger partial charge in [-0.3, -0.25) is 18.6 Å². The minimum Gasteiger partial charge on any atom is -0.461 e. The number of phosphoric ester groups is 1. The number of hydrogen-bond donors (Lipinski definition) is 1. The van der Waals surface area contributed by atoms with Gasteiger partial charge in [0.25, 0.3) is 0 Å². The average Bonchev–Trinajstić information content (AvgIpc) is 2.88. The van der Waals surface area contributed by atoms with Crippen molar-refractivity contribution < 1.29 is 42.1 Å². The summed E-state index contributed by atoms with van der Waals surface area (Å²) in [7, 11) is 1.36. The summed E-state index contributed by atoms with van der Waals surface area (Å²) in [4.78, 5) is 34.5. The first-order valence-electron chi connectivity index (χ1n) is 13.6. The number of phosphoric acid groups is 1. The number of carbonyl (C=O) groups excluding carboxylic acids is 2. The van der Waals surface area contributed by atoms with Crippen molar-refractivity contribution in [1.82, 2.24) is 0 Å². The highest BCUT2D eigenvalue weighted by Crippen LogP contribution is 2.43. The van der Waals surface area contributed by atoms with Crippen molar-refractivity contribution in [2.75, 3.05) is 47.5 Å². The van der Waals surface area contributed by atoms with E-state index in [4.69, 9.17) is 18.5 Å². The molecule has 1 N–H and O–H groups in total. The van der Waals surface area contributed by atoms with E-state index in [9.17, 15) is 19.0 Å². The summed E-state index contributed by atoms with van der Waals surface area (Å²) in [5, 5.41) is 0. The van der Waals surface area contributed by atoms with Crippen molar-refractivity contribution in [2.24, 2.45) is 0 Å². The quantitative estimate of drug-likeness (QED) is 0.0717. The highest BCUT2D eigenvalue weighted by atomic mass is 31.2. The van der Waals surface area contributed by atoms with Crippen LogP contribution >= 0.6 is 7.82 Å². The van der Waals surface area contributed by atoms with E-state index in [-0.39, 0.29) is 26.1 Å². The maximum Gasteiger partial charge on any atom is 0.472 e. The molecule has 0 amide bonds. The van der Waals surface area contributed by atoms with Gasteiger partial charge in [-0.1, -0.05) is 72.9 Å². The van der Waals surface area contributed by atoms with Crippen LogP contribution < -0.4 is 0 Å². The SMILES string of the molecule is CC=CCC=CCC=CCC(=O)OC[C@H](COP(=O)(O)OCC[N+](C)(C)C)OC(=O)CC=CCC=CCC=CC. The number of allylic oxidation sites excluding steroid dienone is 10. The molecule has 0 spiro atoms. The number of esters is 2. The molecule has 226 valence electrons. The Morgan fingerprint density at radius 3 is 1.70 bits per heavy atom. The highest BCUT2D eigenvalue weighted by Gasteiger charge is 2.26. The lowest BCUT2D eigenvalue weighted by atomic mass is 10.2. The van der Waals surface area contributed by atoms with Gasteiger partial charge in [-0.05, 0) is 39.5 Å². The fraction of sp³-hybridized carbons (Fsp3) is 0.533. The third kappa shape index (κ3) is 25.7. The molecule has 0 bridgehead atoms. The van der Waals surface area contributed by atoms with Crippen LogP contribution in [0.4, 0.5) is 0 Å². The van der Waals surface area contributed by atoms with Gasteiger partial charge in [-0.25, -0.2) is 4.57 Å². The van der Waals surface area contributed by atoms with Crippen molar-refractivity contribution >= 4 is 19.8 Å². The van der Waals surface area contributed by atoms with Gasteiger partial charge in [0, 0.05) is 0 Å². The molecule has 0 aliphatic carbocycles. The molecule has 2 atom stereocenters. The fourth-order valence-corrected chi connectivity index (χ4v) is 3.50. The van der Waals surface area contributed by atoms with Crippen molar-refractivity contribution in [1.29, 1.82) is 0 Å². The molecule has 0 aromatic carbocycles. The molecule has 0 saturated heterocycles. The van der Waals surface area contributed by atoms with E-state index >= 15 is 0 Å². The van der Waals surface area contributed by atoms with E-state index in [1.807, 2.05) is 95.8 Å². The first-order valence-corrected chi connectivity index (χ1v) is 15.1. The van der Waals surface area contributed by atoms with Crippen LogP contribution in [-0.4, -0.2) is 74.9 Å². The van der Waals surface area contributed by atoms with Crippen LogP contribution in [-0.2, 0) is 32.7 Å². The fourth-order valence-electron chi connectivity index (χ4n) is 2.76. The Bertz CT molecular complexity index is 928. The van der Waals surface area contributed by atoms with E-state index in [0.717, 1.165) is 12.8 Å². The van der Waals surface area contributed by atoms with E-state index in [1.165, 1.54) is 0 Å². The van der Waals surface area contributed by atoms with Crippen LogP contribution in [0, 0.1) is 0 Å². The Balaban J connectivity index is 4.85. The number of quaternary nitrogens is 1. The van der Waals surface area contributed by atoms with Crippen LogP contribution in [0.15, 0.2) is 72.9 Å². The molecule has 0 aliphatic rings. The summed E-state index contributed by atoms with van der Waals surface area (Å²) < 4.78 is 33.4. The number of nitrogens with zero attached hydrogens (tertiary/aromatic N) is 1. The lowest BCUT2D eigenvalue weighted by molar-refractivity contribution is -0.870. The number of rotatable bonds is 22. The first kappa shape index (κ1) is 37.5. The predicted molar refractivity (Wildman–Crippen MR) is 159 cm³/mol. The molecule has 0 aromatic rings. The van der Waals surface area contributed by atoms with Gasteiger partial charge in [0.2, 0.25) is 0 Å². The molecule has 40 heavy (non-hydrogen) atoms. The molecular formula is C30H49NO8P+. The third-order valence-electron chi connectivity index (χ3n) is 4.96. The third-order valence-corrected chi connectivity index (χ3v) is 5.95. The van der Waals surface area contributed by atoms with E-state index in [1.54, 1.807) is 12.2 Å². The summed E-state index contributed by atoms with van der Waals surface area (Å²) in [6.07, 6.45) is 25.2. The molecule has 0 saturated carbocycles. The Hall–Kier alpha value is -2.55. The lowest BCUT2D eigenvalue weighted by Gasteiger charge is -2.24. The van der Waals surface area contributed by atoms with Crippen molar-refractivity contribution in [3.63, 3.8) is 0 Å². The zero-order valence-electron chi connectivity index (χ0n) is 24.8.